The van der Waals surface area contributed by atoms with Gasteiger partial charge in [-0.25, -0.2) is 0 Å². The molecule has 0 aromatic rings. The van der Waals surface area contributed by atoms with Gasteiger partial charge >= 0.3 is 0 Å². The van der Waals surface area contributed by atoms with E-state index >= 15 is 0 Å². The highest BCUT2D eigenvalue weighted by Gasteiger charge is 2.43. The van der Waals surface area contributed by atoms with E-state index in [0.717, 1.165) is 37.0 Å². The summed E-state index contributed by atoms with van der Waals surface area (Å²) in [6.07, 6.45) is 3.94. The first-order valence-corrected chi connectivity index (χ1v) is 6.14. The van der Waals surface area contributed by atoms with E-state index in [9.17, 15) is 0 Å². The zero-order valence-electron chi connectivity index (χ0n) is 9.46. The highest BCUT2D eigenvalue weighted by Crippen LogP contribution is 2.44. The number of rotatable bonds is 5. The second-order valence-electron chi connectivity index (χ2n) is 4.98. The summed E-state index contributed by atoms with van der Waals surface area (Å²) in [6.45, 7) is 7.76. The maximum atomic E-state index is 5.49. The first-order valence-electron chi connectivity index (χ1n) is 6.14. The average molecular weight is 197 g/mol. The van der Waals surface area contributed by atoms with Crippen molar-refractivity contribution in [1.29, 1.82) is 0 Å². The Morgan fingerprint density at radius 2 is 2.29 bits per heavy atom. The van der Waals surface area contributed by atoms with Gasteiger partial charge in [0, 0.05) is 18.6 Å². The molecule has 2 nitrogen and oxygen atoms in total. The van der Waals surface area contributed by atoms with Crippen LogP contribution >= 0.6 is 0 Å². The molecule has 4 atom stereocenters. The van der Waals surface area contributed by atoms with Crippen LogP contribution in [-0.4, -0.2) is 25.8 Å². The van der Waals surface area contributed by atoms with Crippen LogP contribution in [0.15, 0.2) is 0 Å². The lowest BCUT2D eigenvalue weighted by atomic mass is 9.94. The van der Waals surface area contributed by atoms with Crippen LogP contribution in [0.5, 0.6) is 0 Å². The molecule has 14 heavy (non-hydrogen) atoms. The maximum absolute atomic E-state index is 5.49. The summed E-state index contributed by atoms with van der Waals surface area (Å²) in [6, 6.07) is 0.743. The van der Waals surface area contributed by atoms with Gasteiger partial charge in [-0.1, -0.05) is 13.8 Å². The van der Waals surface area contributed by atoms with Crippen molar-refractivity contribution in [1.82, 2.24) is 5.32 Å². The Labute approximate surface area is 87.4 Å². The van der Waals surface area contributed by atoms with Crippen LogP contribution in [0.3, 0.4) is 0 Å². The predicted octanol–water partition coefficient (Wildman–Crippen LogP) is 2.05. The van der Waals surface area contributed by atoms with E-state index < -0.39 is 0 Å². The van der Waals surface area contributed by atoms with Crippen LogP contribution in [0.25, 0.3) is 0 Å². The predicted molar refractivity (Wildman–Crippen MR) is 58.3 cm³/mol. The zero-order valence-corrected chi connectivity index (χ0v) is 9.46. The number of ether oxygens (including phenoxy) is 1. The smallest absolute Gasteiger partial charge is 0.0510 e. The van der Waals surface area contributed by atoms with Gasteiger partial charge in [0.25, 0.3) is 0 Å². The minimum atomic E-state index is 0.743. The summed E-state index contributed by atoms with van der Waals surface area (Å²) in [5.74, 6) is 2.68. The highest BCUT2D eigenvalue weighted by molar-refractivity contribution is 4.96. The van der Waals surface area contributed by atoms with Crippen molar-refractivity contribution in [2.75, 3.05) is 19.8 Å². The summed E-state index contributed by atoms with van der Waals surface area (Å²) in [4.78, 5) is 0. The molecule has 2 rings (SSSR count). The Kier molecular flexibility index (Phi) is 3.45. The standard InChI is InChI=1S/C12H23NO/c1-3-5-13-12(11-7-9(11)2)10-4-6-14-8-10/h9-13H,3-8H2,1-2H3. The monoisotopic (exact) mass is 197 g/mol. The Bertz CT molecular complexity index is 177. The van der Waals surface area contributed by atoms with Gasteiger partial charge in [-0.05, 0) is 37.6 Å². The molecule has 2 heteroatoms. The minimum Gasteiger partial charge on any atom is -0.381 e. The van der Waals surface area contributed by atoms with Gasteiger partial charge in [0.15, 0.2) is 0 Å². The molecule has 1 aliphatic heterocycles. The van der Waals surface area contributed by atoms with Crippen molar-refractivity contribution >= 4 is 0 Å². The third kappa shape index (κ3) is 2.29. The van der Waals surface area contributed by atoms with Crippen LogP contribution in [0.2, 0.25) is 0 Å². The van der Waals surface area contributed by atoms with E-state index in [2.05, 4.69) is 19.2 Å². The molecule has 0 bridgehead atoms. The van der Waals surface area contributed by atoms with Crippen molar-refractivity contribution in [2.45, 2.75) is 39.2 Å². The highest BCUT2D eigenvalue weighted by atomic mass is 16.5. The molecule has 0 radical (unpaired) electrons. The molecule has 0 aromatic carbocycles. The molecule has 2 fully saturated rings. The second-order valence-corrected chi connectivity index (χ2v) is 4.98. The first kappa shape index (κ1) is 10.4. The topological polar surface area (TPSA) is 21.3 Å². The molecule has 2 aliphatic rings. The van der Waals surface area contributed by atoms with Crippen molar-refractivity contribution in [3.8, 4) is 0 Å². The van der Waals surface area contributed by atoms with Crippen LogP contribution in [0.4, 0.5) is 0 Å². The van der Waals surface area contributed by atoms with Crippen molar-refractivity contribution in [3.63, 3.8) is 0 Å². The van der Waals surface area contributed by atoms with Gasteiger partial charge < -0.3 is 10.1 Å². The van der Waals surface area contributed by atoms with E-state index in [-0.39, 0.29) is 0 Å². The third-order valence-electron chi connectivity index (χ3n) is 3.74. The molecule has 82 valence electrons. The van der Waals surface area contributed by atoms with E-state index in [1.54, 1.807) is 0 Å². The molecule has 1 saturated carbocycles. The second kappa shape index (κ2) is 4.63. The van der Waals surface area contributed by atoms with Crippen molar-refractivity contribution in [2.24, 2.45) is 17.8 Å². The third-order valence-corrected chi connectivity index (χ3v) is 3.74. The SMILES string of the molecule is CCCNC(C1CCOC1)C1CC1C. The molecule has 0 amide bonds. The Balaban J connectivity index is 1.84. The lowest BCUT2D eigenvalue weighted by molar-refractivity contribution is 0.172. The summed E-state index contributed by atoms with van der Waals surface area (Å²) in [5.41, 5.74) is 0. The van der Waals surface area contributed by atoms with Gasteiger partial charge in [-0.15, -0.1) is 0 Å². The Hall–Kier alpha value is -0.0800. The fourth-order valence-corrected chi connectivity index (χ4v) is 2.67. The molecular formula is C12H23NO. The lowest BCUT2D eigenvalue weighted by Crippen LogP contribution is -2.39. The van der Waals surface area contributed by atoms with Gasteiger partial charge in [-0.3, -0.25) is 0 Å². The van der Waals surface area contributed by atoms with Gasteiger partial charge in [0.2, 0.25) is 0 Å². The van der Waals surface area contributed by atoms with Gasteiger partial charge in [0.1, 0.15) is 0 Å². The molecule has 1 N–H and O–H groups in total. The van der Waals surface area contributed by atoms with E-state index in [0.29, 0.717) is 0 Å². The van der Waals surface area contributed by atoms with E-state index in [4.69, 9.17) is 4.74 Å². The van der Waals surface area contributed by atoms with Crippen molar-refractivity contribution in [3.05, 3.63) is 0 Å². The minimum absolute atomic E-state index is 0.743. The Morgan fingerprint density at radius 1 is 1.50 bits per heavy atom. The number of nitrogens with one attached hydrogen (secondary N) is 1. The number of hydrogen-bond donors (Lipinski definition) is 1. The van der Waals surface area contributed by atoms with E-state index in [1.165, 1.54) is 25.8 Å². The first-order chi connectivity index (χ1) is 6.83. The largest absolute Gasteiger partial charge is 0.381 e. The number of hydrogen-bond acceptors (Lipinski definition) is 2. The molecule has 1 heterocycles. The van der Waals surface area contributed by atoms with Gasteiger partial charge in [0.05, 0.1) is 6.61 Å². The van der Waals surface area contributed by atoms with Gasteiger partial charge in [-0.2, -0.15) is 0 Å². The fraction of sp³-hybridized carbons (Fsp3) is 1.00. The average Bonchev–Trinajstić information content (AvgIpc) is 2.71. The molecule has 0 spiro atoms. The molecule has 1 saturated heterocycles. The fourth-order valence-electron chi connectivity index (χ4n) is 2.67. The van der Waals surface area contributed by atoms with Crippen LogP contribution in [0.1, 0.15) is 33.1 Å². The van der Waals surface area contributed by atoms with Crippen LogP contribution < -0.4 is 5.32 Å². The zero-order chi connectivity index (χ0) is 9.97. The molecular weight excluding hydrogens is 174 g/mol. The maximum Gasteiger partial charge on any atom is 0.0510 e. The summed E-state index contributed by atoms with van der Waals surface area (Å²) in [5, 5.41) is 3.72. The summed E-state index contributed by atoms with van der Waals surface area (Å²) >= 11 is 0. The van der Waals surface area contributed by atoms with E-state index in [1.807, 2.05) is 0 Å². The summed E-state index contributed by atoms with van der Waals surface area (Å²) < 4.78 is 5.49. The molecule has 1 aliphatic carbocycles. The quantitative estimate of drug-likeness (QED) is 0.728. The van der Waals surface area contributed by atoms with Crippen LogP contribution in [-0.2, 0) is 4.74 Å². The normalized spacial score (nSPS) is 38.6. The molecule has 0 aromatic heterocycles. The van der Waals surface area contributed by atoms with Crippen molar-refractivity contribution < 1.29 is 4.74 Å². The lowest BCUT2D eigenvalue weighted by Gasteiger charge is -2.24. The summed E-state index contributed by atoms with van der Waals surface area (Å²) in [7, 11) is 0. The molecule has 4 unspecified atom stereocenters. The Morgan fingerprint density at radius 3 is 2.79 bits per heavy atom. The van der Waals surface area contributed by atoms with Crippen LogP contribution in [0, 0.1) is 17.8 Å².